The lowest BCUT2D eigenvalue weighted by molar-refractivity contribution is -0.131. The molecule has 2 aromatic rings. The number of nitrogens with zero attached hydrogens (tertiary/aromatic N) is 3. The smallest absolute Gasteiger partial charge is 0.226 e. The number of carbonyl (C=O) groups is 1. The molecule has 22 heavy (non-hydrogen) atoms. The maximum absolute atomic E-state index is 12.6. The maximum Gasteiger partial charge on any atom is 0.226 e. The van der Waals surface area contributed by atoms with Crippen molar-refractivity contribution in [2.24, 2.45) is 5.92 Å². The highest BCUT2D eigenvalue weighted by molar-refractivity contribution is 6.31. The first-order valence-corrected chi connectivity index (χ1v) is 7.99. The molecular weight excluding hydrogens is 298 g/mol. The zero-order valence-electron chi connectivity index (χ0n) is 12.9. The highest BCUT2D eigenvalue weighted by atomic mass is 35.5. The molecule has 1 amide bonds. The van der Waals surface area contributed by atoms with E-state index in [0.717, 1.165) is 18.7 Å². The number of amides is 1. The number of aryl methyl sites for hydroxylation is 1. The van der Waals surface area contributed by atoms with Crippen LogP contribution in [0.5, 0.6) is 0 Å². The van der Waals surface area contributed by atoms with Crippen LogP contribution < -0.4 is 0 Å². The van der Waals surface area contributed by atoms with Crippen LogP contribution in [0.2, 0.25) is 5.02 Å². The van der Waals surface area contributed by atoms with Gasteiger partial charge < -0.3 is 4.90 Å². The number of halogens is 1. The first-order chi connectivity index (χ1) is 10.6. The molecule has 4 nitrogen and oxygen atoms in total. The second kappa shape index (κ2) is 6.13. The second-order valence-corrected chi connectivity index (χ2v) is 6.22. The summed E-state index contributed by atoms with van der Waals surface area (Å²) >= 11 is 6.17. The SMILES string of the molecule is CCn1ncc(Cl)c1CN(C)C(=O)C1CC1c1ccccc1. The molecule has 2 unspecified atom stereocenters. The molecule has 1 aromatic carbocycles. The number of carbonyl (C=O) groups excluding carboxylic acids is 1. The Morgan fingerprint density at radius 1 is 1.41 bits per heavy atom. The molecule has 0 aliphatic heterocycles. The first-order valence-electron chi connectivity index (χ1n) is 7.62. The summed E-state index contributed by atoms with van der Waals surface area (Å²) in [6.07, 6.45) is 2.58. The van der Waals surface area contributed by atoms with Crippen molar-refractivity contribution >= 4 is 17.5 Å². The number of hydrogen-bond donors (Lipinski definition) is 0. The van der Waals surface area contributed by atoms with Gasteiger partial charge >= 0.3 is 0 Å². The monoisotopic (exact) mass is 317 g/mol. The first kappa shape index (κ1) is 15.1. The molecule has 1 saturated carbocycles. The van der Waals surface area contributed by atoms with Crippen LogP contribution in [0.4, 0.5) is 0 Å². The van der Waals surface area contributed by atoms with Gasteiger partial charge in [0, 0.05) is 19.5 Å². The van der Waals surface area contributed by atoms with Crippen molar-refractivity contribution < 1.29 is 4.79 Å². The average molecular weight is 318 g/mol. The van der Waals surface area contributed by atoms with Crippen molar-refractivity contribution in [2.75, 3.05) is 7.05 Å². The molecule has 0 spiro atoms. The molecule has 0 radical (unpaired) electrons. The Balaban J connectivity index is 1.65. The molecule has 1 heterocycles. The summed E-state index contributed by atoms with van der Waals surface area (Å²) in [5.41, 5.74) is 2.16. The topological polar surface area (TPSA) is 38.1 Å². The van der Waals surface area contributed by atoms with Gasteiger partial charge in [0.2, 0.25) is 5.91 Å². The number of rotatable bonds is 5. The molecule has 1 fully saturated rings. The van der Waals surface area contributed by atoms with Gasteiger partial charge in [-0.1, -0.05) is 41.9 Å². The largest absolute Gasteiger partial charge is 0.340 e. The minimum absolute atomic E-state index is 0.101. The lowest BCUT2D eigenvalue weighted by Crippen LogP contribution is -2.29. The quantitative estimate of drug-likeness (QED) is 0.848. The summed E-state index contributed by atoms with van der Waals surface area (Å²) in [6, 6.07) is 10.3. The Bertz CT molecular complexity index is 668. The molecule has 0 bridgehead atoms. The van der Waals surface area contributed by atoms with E-state index in [1.165, 1.54) is 5.56 Å². The minimum atomic E-state index is 0.101. The molecule has 2 atom stereocenters. The number of hydrogen-bond acceptors (Lipinski definition) is 2. The second-order valence-electron chi connectivity index (χ2n) is 5.81. The zero-order chi connectivity index (χ0) is 15.7. The van der Waals surface area contributed by atoms with Crippen molar-refractivity contribution in [1.29, 1.82) is 0 Å². The predicted molar refractivity (Wildman–Crippen MR) is 86.7 cm³/mol. The van der Waals surface area contributed by atoms with Crippen LogP contribution in [-0.2, 0) is 17.9 Å². The fourth-order valence-corrected chi connectivity index (χ4v) is 3.14. The van der Waals surface area contributed by atoms with Crippen LogP contribution in [0.15, 0.2) is 36.5 Å². The van der Waals surface area contributed by atoms with E-state index in [1.54, 1.807) is 11.1 Å². The summed E-state index contributed by atoms with van der Waals surface area (Å²) in [7, 11) is 1.84. The van der Waals surface area contributed by atoms with Crippen molar-refractivity contribution in [3.63, 3.8) is 0 Å². The van der Waals surface area contributed by atoms with Gasteiger partial charge in [0.1, 0.15) is 0 Å². The van der Waals surface area contributed by atoms with Crippen LogP contribution in [0.1, 0.15) is 30.5 Å². The highest BCUT2D eigenvalue weighted by Gasteiger charge is 2.45. The number of aromatic nitrogens is 2. The Labute approximate surface area is 135 Å². The van der Waals surface area contributed by atoms with Gasteiger partial charge in [0.15, 0.2) is 0 Å². The fraction of sp³-hybridized carbons (Fsp3) is 0.412. The molecule has 0 saturated heterocycles. The van der Waals surface area contributed by atoms with Crippen molar-refractivity contribution in [3.05, 3.63) is 52.8 Å². The van der Waals surface area contributed by atoms with Crippen LogP contribution in [-0.4, -0.2) is 27.6 Å². The van der Waals surface area contributed by atoms with Gasteiger partial charge in [-0.15, -0.1) is 0 Å². The van der Waals surface area contributed by atoms with Crippen molar-refractivity contribution in [2.45, 2.75) is 32.4 Å². The fourth-order valence-electron chi connectivity index (χ4n) is 2.94. The van der Waals surface area contributed by atoms with Crippen LogP contribution in [0.3, 0.4) is 0 Å². The lowest BCUT2D eigenvalue weighted by atomic mass is 10.1. The molecule has 1 aromatic heterocycles. The van der Waals surface area contributed by atoms with Gasteiger partial charge in [-0.25, -0.2) is 0 Å². The minimum Gasteiger partial charge on any atom is -0.340 e. The predicted octanol–water partition coefficient (Wildman–Crippen LogP) is 3.32. The molecule has 1 aliphatic rings. The zero-order valence-corrected chi connectivity index (χ0v) is 13.6. The van der Waals surface area contributed by atoms with Crippen molar-refractivity contribution in [1.82, 2.24) is 14.7 Å². The third-order valence-corrected chi connectivity index (χ3v) is 4.61. The van der Waals surface area contributed by atoms with Crippen LogP contribution >= 0.6 is 11.6 Å². The Morgan fingerprint density at radius 2 is 2.14 bits per heavy atom. The standard InChI is InChI=1S/C17H20ClN3O/c1-3-21-16(15(18)10-19-21)11-20(2)17(22)14-9-13(14)12-7-5-4-6-8-12/h4-8,10,13-14H,3,9,11H2,1-2H3. The van der Waals surface area contributed by atoms with Gasteiger partial charge in [-0.2, -0.15) is 5.10 Å². The van der Waals surface area contributed by atoms with Crippen molar-refractivity contribution in [3.8, 4) is 0 Å². The van der Waals surface area contributed by atoms with Gasteiger partial charge in [-0.3, -0.25) is 9.48 Å². The van der Waals surface area contributed by atoms with E-state index in [-0.39, 0.29) is 11.8 Å². The van der Waals surface area contributed by atoms with E-state index in [9.17, 15) is 4.79 Å². The van der Waals surface area contributed by atoms with Crippen LogP contribution in [0.25, 0.3) is 0 Å². The number of benzene rings is 1. The molecule has 5 heteroatoms. The van der Waals surface area contributed by atoms with Gasteiger partial charge in [0.25, 0.3) is 0 Å². The third-order valence-electron chi connectivity index (χ3n) is 4.30. The third kappa shape index (κ3) is 2.88. The molecular formula is C17H20ClN3O. The Kier molecular flexibility index (Phi) is 4.21. The lowest BCUT2D eigenvalue weighted by Gasteiger charge is -2.18. The molecule has 3 rings (SSSR count). The van der Waals surface area contributed by atoms with E-state index in [4.69, 9.17) is 11.6 Å². The van der Waals surface area contributed by atoms with E-state index in [1.807, 2.05) is 36.9 Å². The molecule has 116 valence electrons. The molecule has 0 N–H and O–H groups in total. The van der Waals surface area contributed by atoms with Gasteiger partial charge in [-0.05, 0) is 24.8 Å². The van der Waals surface area contributed by atoms with E-state index >= 15 is 0 Å². The average Bonchev–Trinajstić information content (AvgIpc) is 3.27. The molecule has 1 aliphatic carbocycles. The summed E-state index contributed by atoms with van der Waals surface area (Å²) < 4.78 is 1.84. The summed E-state index contributed by atoms with van der Waals surface area (Å²) in [6.45, 7) is 3.27. The van der Waals surface area contributed by atoms with Crippen LogP contribution in [0, 0.1) is 5.92 Å². The van der Waals surface area contributed by atoms with E-state index in [2.05, 4.69) is 17.2 Å². The Morgan fingerprint density at radius 3 is 2.82 bits per heavy atom. The summed E-state index contributed by atoms with van der Waals surface area (Å²) in [4.78, 5) is 14.3. The summed E-state index contributed by atoms with van der Waals surface area (Å²) in [5.74, 6) is 0.653. The summed E-state index contributed by atoms with van der Waals surface area (Å²) in [5, 5.41) is 4.84. The Hall–Kier alpha value is -1.81. The normalized spacial score (nSPS) is 20.0. The highest BCUT2D eigenvalue weighted by Crippen LogP contribution is 2.48. The maximum atomic E-state index is 12.6. The van der Waals surface area contributed by atoms with Gasteiger partial charge in [0.05, 0.1) is 23.5 Å². The van der Waals surface area contributed by atoms with E-state index < -0.39 is 0 Å². The van der Waals surface area contributed by atoms with E-state index in [0.29, 0.717) is 17.5 Å².